The Morgan fingerprint density at radius 3 is 2.56 bits per heavy atom. The molecule has 0 spiro atoms. The van der Waals surface area contributed by atoms with E-state index in [0.717, 1.165) is 5.56 Å². The molecule has 1 aromatic rings. The normalized spacial score (nSPS) is 13.3. The van der Waals surface area contributed by atoms with Crippen LogP contribution in [0.1, 0.15) is 18.9 Å². The number of hydrogen-bond acceptors (Lipinski definition) is 3. The van der Waals surface area contributed by atoms with Gasteiger partial charge in [-0.2, -0.15) is 4.72 Å². The maximum atomic E-state index is 12.0. The van der Waals surface area contributed by atoms with Crippen LogP contribution in [0.15, 0.2) is 23.1 Å². The Kier molecular flexibility index (Phi) is 4.72. The SMILES string of the molecule is CCC(NS(=O)(=O)c1ccc(C)cc1Cl)C(=O)O. The fourth-order valence-electron chi connectivity index (χ4n) is 1.38. The molecule has 7 heteroatoms. The highest BCUT2D eigenvalue weighted by Crippen LogP contribution is 2.22. The van der Waals surface area contributed by atoms with Crippen molar-refractivity contribution in [2.45, 2.75) is 31.2 Å². The second-order valence-electron chi connectivity index (χ2n) is 3.85. The molecule has 18 heavy (non-hydrogen) atoms. The third kappa shape index (κ3) is 3.44. The van der Waals surface area contributed by atoms with Gasteiger partial charge in [-0.3, -0.25) is 4.79 Å². The molecule has 0 aliphatic heterocycles. The minimum absolute atomic E-state index is 0.0720. The lowest BCUT2D eigenvalue weighted by Crippen LogP contribution is -2.40. The average Bonchev–Trinajstić information content (AvgIpc) is 2.24. The van der Waals surface area contributed by atoms with Gasteiger partial charge < -0.3 is 5.11 Å². The van der Waals surface area contributed by atoms with Gasteiger partial charge in [-0.1, -0.05) is 24.6 Å². The second-order valence-corrected chi connectivity index (χ2v) is 5.94. The Morgan fingerprint density at radius 1 is 1.50 bits per heavy atom. The van der Waals surface area contributed by atoms with Crippen LogP contribution in [0.3, 0.4) is 0 Å². The molecule has 100 valence electrons. The third-order valence-corrected chi connectivity index (χ3v) is 4.34. The zero-order chi connectivity index (χ0) is 13.9. The molecule has 1 unspecified atom stereocenters. The summed E-state index contributed by atoms with van der Waals surface area (Å²) in [6.07, 6.45) is 0.151. The molecule has 0 bridgehead atoms. The van der Waals surface area contributed by atoms with Gasteiger partial charge in [-0.25, -0.2) is 8.42 Å². The van der Waals surface area contributed by atoms with Crippen LogP contribution in [0.4, 0.5) is 0 Å². The van der Waals surface area contributed by atoms with Crippen LogP contribution in [-0.2, 0) is 14.8 Å². The van der Waals surface area contributed by atoms with Gasteiger partial charge in [0, 0.05) is 0 Å². The highest BCUT2D eigenvalue weighted by atomic mass is 35.5. The van der Waals surface area contributed by atoms with Crippen molar-refractivity contribution in [3.05, 3.63) is 28.8 Å². The van der Waals surface area contributed by atoms with Gasteiger partial charge >= 0.3 is 5.97 Å². The van der Waals surface area contributed by atoms with E-state index in [0.29, 0.717) is 0 Å². The van der Waals surface area contributed by atoms with E-state index in [1.165, 1.54) is 12.1 Å². The molecular formula is C11H14ClNO4S. The van der Waals surface area contributed by atoms with Crippen molar-refractivity contribution < 1.29 is 18.3 Å². The number of aryl methyl sites for hydroxylation is 1. The van der Waals surface area contributed by atoms with Gasteiger partial charge in [0.15, 0.2) is 0 Å². The number of sulfonamides is 1. The van der Waals surface area contributed by atoms with Crippen LogP contribution in [0.25, 0.3) is 0 Å². The molecule has 1 atom stereocenters. The van der Waals surface area contributed by atoms with Crippen molar-refractivity contribution in [1.82, 2.24) is 4.72 Å². The van der Waals surface area contributed by atoms with Crippen molar-refractivity contribution in [2.24, 2.45) is 0 Å². The van der Waals surface area contributed by atoms with E-state index in [2.05, 4.69) is 4.72 Å². The number of carboxylic acids is 1. The number of aliphatic carboxylic acids is 1. The monoisotopic (exact) mass is 291 g/mol. The predicted octanol–water partition coefficient (Wildman–Crippen LogP) is 1.79. The zero-order valence-electron chi connectivity index (χ0n) is 9.97. The first-order valence-electron chi connectivity index (χ1n) is 5.29. The van der Waals surface area contributed by atoms with Crippen LogP contribution in [-0.4, -0.2) is 25.5 Å². The molecule has 0 radical (unpaired) electrons. The highest BCUT2D eigenvalue weighted by Gasteiger charge is 2.25. The number of hydrogen-bond donors (Lipinski definition) is 2. The molecule has 1 rings (SSSR count). The first-order chi connectivity index (χ1) is 8.27. The lowest BCUT2D eigenvalue weighted by molar-refractivity contribution is -0.139. The summed E-state index contributed by atoms with van der Waals surface area (Å²) in [6, 6.07) is 3.31. The molecule has 0 amide bonds. The van der Waals surface area contributed by atoms with Crippen LogP contribution >= 0.6 is 11.6 Å². The molecule has 2 N–H and O–H groups in total. The van der Waals surface area contributed by atoms with E-state index in [1.54, 1.807) is 19.9 Å². The summed E-state index contributed by atoms with van der Waals surface area (Å²) in [4.78, 5) is 10.7. The Morgan fingerprint density at radius 2 is 2.11 bits per heavy atom. The lowest BCUT2D eigenvalue weighted by atomic mass is 10.2. The number of halogens is 1. The van der Waals surface area contributed by atoms with E-state index in [9.17, 15) is 13.2 Å². The second kappa shape index (κ2) is 5.69. The summed E-state index contributed by atoms with van der Waals surface area (Å²) in [5.74, 6) is -1.22. The smallest absolute Gasteiger partial charge is 0.321 e. The van der Waals surface area contributed by atoms with Crippen LogP contribution in [0, 0.1) is 6.92 Å². The summed E-state index contributed by atoms with van der Waals surface area (Å²) >= 11 is 5.85. The Labute approximate surface area is 111 Å². The minimum Gasteiger partial charge on any atom is -0.480 e. The van der Waals surface area contributed by atoms with Crippen molar-refractivity contribution in [1.29, 1.82) is 0 Å². The van der Waals surface area contributed by atoms with Crippen molar-refractivity contribution in [3.63, 3.8) is 0 Å². The number of benzene rings is 1. The summed E-state index contributed by atoms with van der Waals surface area (Å²) in [7, 11) is -3.93. The van der Waals surface area contributed by atoms with Gasteiger partial charge in [0.25, 0.3) is 0 Å². The molecule has 0 saturated heterocycles. The standard InChI is InChI=1S/C11H14ClNO4S/c1-3-9(11(14)15)13-18(16,17)10-5-4-7(2)6-8(10)12/h4-6,9,13H,3H2,1-2H3,(H,14,15). The first-order valence-corrected chi connectivity index (χ1v) is 7.15. The average molecular weight is 292 g/mol. The van der Waals surface area contributed by atoms with E-state index < -0.39 is 22.0 Å². The number of carboxylic acid groups (broad SMARTS) is 1. The van der Waals surface area contributed by atoms with Crippen LogP contribution < -0.4 is 4.72 Å². The Bertz CT molecular complexity index is 556. The van der Waals surface area contributed by atoms with Crippen molar-refractivity contribution in [2.75, 3.05) is 0 Å². The summed E-state index contributed by atoms with van der Waals surface area (Å²) in [5, 5.41) is 8.91. The van der Waals surface area contributed by atoms with Gasteiger partial charge in [0.1, 0.15) is 10.9 Å². The number of carbonyl (C=O) groups is 1. The Hall–Kier alpha value is -1.11. The van der Waals surface area contributed by atoms with E-state index in [-0.39, 0.29) is 16.3 Å². The van der Waals surface area contributed by atoms with Gasteiger partial charge in [0.05, 0.1) is 5.02 Å². The molecule has 0 heterocycles. The Balaban J connectivity index is 3.10. The fraction of sp³-hybridized carbons (Fsp3) is 0.364. The quantitative estimate of drug-likeness (QED) is 0.866. The maximum Gasteiger partial charge on any atom is 0.321 e. The third-order valence-electron chi connectivity index (χ3n) is 2.38. The van der Waals surface area contributed by atoms with Crippen LogP contribution in [0.5, 0.6) is 0 Å². The molecule has 0 aromatic heterocycles. The zero-order valence-corrected chi connectivity index (χ0v) is 11.5. The summed E-state index contributed by atoms with van der Waals surface area (Å²) < 4.78 is 26.1. The molecule has 5 nitrogen and oxygen atoms in total. The minimum atomic E-state index is -3.93. The highest BCUT2D eigenvalue weighted by molar-refractivity contribution is 7.89. The predicted molar refractivity (Wildman–Crippen MR) is 68.2 cm³/mol. The van der Waals surface area contributed by atoms with Gasteiger partial charge in [-0.15, -0.1) is 0 Å². The summed E-state index contributed by atoms with van der Waals surface area (Å²) in [5.41, 5.74) is 0.823. The van der Waals surface area contributed by atoms with Gasteiger partial charge in [-0.05, 0) is 31.0 Å². The number of rotatable bonds is 5. The molecule has 0 aliphatic rings. The lowest BCUT2D eigenvalue weighted by Gasteiger charge is -2.13. The number of nitrogens with one attached hydrogen (secondary N) is 1. The first kappa shape index (κ1) is 14.9. The van der Waals surface area contributed by atoms with Crippen molar-refractivity contribution >= 4 is 27.6 Å². The van der Waals surface area contributed by atoms with Gasteiger partial charge in [0.2, 0.25) is 10.0 Å². The van der Waals surface area contributed by atoms with Crippen LogP contribution in [0.2, 0.25) is 5.02 Å². The fourth-order valence-corrected chi connectivity index (χ4v) is 3.25. The molecule has 0 fully saturated rings. The topological polar surface area (TPSA) is 83.5 Å². The van der Waals surface area contributed by atoms with Crippen molar-refractivity contribution in [3.8, 4) is 0 Å². The van der Waals surface area contributed by atoms with E-state index in [1.807, 2.05) is 0 Å². The molecule has 0 aliphatic carbocycles. The maximum absolute atomic E-state index is 12.0. The molecular weight excluding hydrogens is 278 g/mol. The molecule has 1 aromatic carbocycles. The van der Waals surface area contributed by atoms with E-state index in [4.69, 9.17) is 16.7 Å². The largest absolute Gasteiger partial charge is 0.480 e. The van der Waals surface area contributed by atoms with E-state index >= 15 is 0 Å². The molecule has 0 saturated carbocycles. The summed E-state index contributed by atoms with van der Waals surface area (Å²) in [6.45, 7) is 3.36.